The summed E-state index contributed by atoms with van der Waals surface area (Å²) in [4.78, 5) is 22.1. The molecule has 0 saturated heterocycles. The number of aryl methyl sites for hydroxylation is 1. The first-order valence-electron chi connectivity index (χ1n) is 12.1. The van der Waals surface area contributed by atoms with E-state index in [9.17, 15) is 22.4 Å². The van der Waals surface area contributed by atoms with Crippen molar-refractivity contribution in [1.29, 1.82) is 0 Å². The summed E-state index contributed by atoms with van der Waals surface area (Å²) in [6.45, 7) is 0. The summed E-state index contributed by atoms with van der Waals surface area (Å²) in [6, 6.07) is 15.2. The molecule has 0 saturated carbocycles. The lowest BCUT2D eigenvalue weighted by Crippen LogP contribution is -2.28. The minimum Gasteiger partial charge on any atom is -0.456 e. The number of hydrogen-bond donors (Lipinski definition) is 0. The minimum absolute atomic E-state index is 0.176. The molecule has 5 aromatic rings. The van der Waals surface area contributed by atoms with E-state index in [2.05, 4.69) is 9.97 Å². The molecule has 5 rings (SSSR count). The van der Waals surface area contributed by atoms with Crippen LogP contribution in [0.4, 0.5) is 17.6 Å². The quantitative estimate of drug-likeness (QED) is 0.177. The Morgan fingerprint density at radius 1 is 1.03 bits per heavy atom. The van der Waals surface area contributed by atoms with Gasteiger partial charge in [0.25, 0.3) is 0 Å². The molecule has 3 heterocycles. The van der Waals surface area contributed by atoms with Crippen LogP contribution in [0, 0.1) is 11.7 Å². The Balaban J connectivity index is 1.27. The van der Waals surface area contributed by atoms with Gasteiger partial charge in [-0.1, -0.05) is 24.3 Å². The van der Waals surface area contributed by atoms with Crippen LogP contribution < -0.4 is 4.74 Å². The normalized spacial score (nSPS) is 12.5. The standard InChI is InChI=1S/C29H23F4N3O2S/c1-36-16-25(35-17-36)27-15-24-28(39-27)26(10-11-34-24)38-23-8-4-18(5-9-23)12-20(29(31,32)33)14-22(37)13-19-2-6-21(30)7-3-19/h2-11,15-17,20H,12-14H2,1H3. The van der Waals surface area contributed by atoms with Crippen LogP contribution in [0.25, 0.3) is 20.8 Å². The topological polar surface area (TPSA) is 57.0 Å². The number of Topliss-reactive ketones (excluding diaryl/α,β-unsaturated/α-hetero) is 1. The SMILES string of the molecule is Cn1cnc(-c2cc3nccc(Oc4ccc(CC(CC(=O)Cc5ccc(F)cc5)C(F)(F)F)cc4)c3s2)c1. The van der Waals surface area contributed by atoms with E-state index in [1.165, 1.54) is 35.6 Å². The van der Waals surface area contributed by atoms with E-state index in [0.717, 1.165) is 20.8 Å². The number of thiophene rings is 1. The molecule has 1 atom stereocenters. The highest BCUT2D eigenvalue weighted by Gasteiger charge is 2.40. The summed E-state index contributed by atoms with van der Waals surface area (Å²) in [7, 11) is 1.89. The van der Waals surface area contributed by atoms with Crippen LogP contribution in [0.1, 0.15) is 17.5 Å². The van der Waals surface area contributed by atoms with Crippen LogP contribution in [-0.4, -0.2) is 26.5 Å². The fourth-order valence-electron chi connectivity index (χ4n) is 4.25. The van der Waals surface area contributed by atoms with E-state index in [1.54, 1.807) is 42.9 Å². The number of carbonyl (C=O) groups is 1. The number of fused-ring (bicyclic) bond motifs is 1. The maximum absolute atomic E-state index is 13.8. The zero-order valence-corrected chi connectivity index (χ0v) is 21.6. The van der Waals surface area contributed by atoms with Gasteiger partial charge in [0.05, 0.1) is 33.0 Å². The zero-order chi connectivity index (χ0) is 27.6. The van der Waals surface area contributed by atoms with Gasteiger partial charge in [-0.05, 0) is 47.9 Å². The van der Waals surface area contributed by atoms with Crippen LogP contribution in [0.15, 0.2) is 79.4 Å². The number of nitrogens with zero attached hydrogens (tertiary/aromatic N) is 3. The number of ketones is 1. The Bertz CT molecular complexity index is 1590. The number of imidazole rings is 1. The van der Waals surface area contributed by atoms with Crippen molar-refractivity contribution in [2.75, 3.05) is 0 Å². The Morgan fingerprint density at radius 3 is 2.41 bits per heavy atom. The number of ether oxygens (including phenoxy) is 1. The molecule has 1 unspecified atom stereocenters. The number of halogens is 4. The predicted octanol–water partition coefficient (Wildman–Crippen LogP) is 7.55. The Hall–Kier alpha value is -4.05. The first-order valence-corrected chi connectivity index (χ1v) is 12.9. The third-order valence-electron chi connectivity index (χ3n) is 6.22. The van der Waals surface area contributed by atoms with Crippen LogP contribution in [0.5, 0.6) is 11.5 Å². The lowest BCUT2D eigenvalue weighted by atomic mass is 9.92. The molecule has 200 valence electrons. The van der Waals surface area contributed by atoms with Gasteiger partial charge in [-0.2, -0.15) is 13.2 Å². The highest BCUT2D eigenvalue weighted by Crippen LogP contribution is 2.39. The monoisotopic (exact) mass is 553 g/mol. The van der Waals surface area contributed by atoms with Gasteiger partial charge < -0.3 is 9.30 Å². The first kappa shape index (κ1) is 26.6. The van der Waals surface area contributed by atoms with E-state index >= 15 is 0 Å². The molecular weight excluding hydrogens is 530 g/mol. The predicted molar refractivity (Wildman–Crippen MR) is 141 cm³/mol. The summed E-state index contributed by atoms with van der Waals surface area (Å²) < 4.78 is 63.1. The molecule has 10 heteroatoms. The highest BCUT2D eigenvalue weighted by molar-refractivity contribution is 7.22. The highest BCUT2D eigenvalue weighted by atomic mass is 32.1. The van der Waals surface area contributed by atoms with Gasteiger partial charge in [0, 0.05) is 38.3 Å². The Kier molecular flexibility index (Phi) is 7.47. The summed E-state index contributed by atoms with van der Waals surface area (Å²) in [5, 5.41) is 0. The lowest BCUT2D eigenvalue weighted by Gasteiger charge is -2.20. The smallest absolute Gasteiger partial charge is 0.392 e. The molecule has 2 aromatic carbocycles. The van der Waals surface area contributed by atoms with Gasteiger partial charge in [-0.15, -0.1) is 11.3 Å². The van der Waals surface area contributed by atoms with Crippen molar-refractivity contribution in [2.45, 2.75) is 25.4 Å². The van der Waals surface area contributed by atoms with E-state index in [-0.39, 0.29) is 12.8 Å². The Labute approximate surface area is 225 Å². The number of pyridine rings is 1. The number of rotatable bonds is 9. The summed E-state index contributed by atoms with van der Waals surface area (Å²) in [6.07, 6.45) is -0.434. The molecule has 5 nitrogen and oxygen atoms in total. The molecular formula is C29H23F4N3O2S. The second-order valence-electron chi connectivity index (χ2n) is 9.29. The van der Waals surface area contributed by atoms with Crippen molar-refractivity contribution in [3.63, 3.8) is 0 Å². The van der Waals surface area contributed by atoms with E-state index in [1.807, 2.05) is 23.9 Å². The molecule has 39 heavy (non-hydrogen) atoms. The van der Waals surface area contributed by atoms with Gasteiger partial charge in [-0.3, -0.25) is 9.78 Å². The van der Waals surface area contributed by atoms with Crippen molar-refractivity contribution < 1.29 is 27.1 Å². The van der Waals surface area contributed by atoms with Crippen LogP contribution >= 0.6 is 11.3 Å². The molecule has 0 aliphatic carbocycles. The maximum atomic E-state index is 13.8. The molecule has 0 fully saturated rings. The number of benzene rings is 2. The number of alkyl halides is 3. The fraction of sp³-hybridized carbons (Fsp3) is 0.207. The van der Waals surface area contributed by atoms with E-state index in [0.29, 0.717) is 22.6 Å². The van der Waals surface area contributed by atoms with Crippen molar-refractivity contribution in [2.24, 2.45) is 13.0 Å². The van der Waals surface area contributed by atoms with Crippen molar-refractivity contribution in [1.82, 2.24) is 14.5 Å². The molecule has 0 amide bonds. The third kappa shape index (κ3) is 6.51. The van der Waals surface area contributed by atoms with E-state index in [4.69, 9.17) is 4.74 Å². The molecule has 0 N–H and O–H groups in total. The van der Waals surface area contributed by atoms with Crippen molar-refractivity contribution in [3.05, 3.63) is 96.3 Å². The summed E-state index contributed by atoms with van der Waals surface area (Å²) in [5.41, 5.74) is 2.50. The van der Waals surface area contributed by atoms with Gasteiger partial charge >= 0.3 is 6.18 Å². The lowest BCUT2D eigenvalue weighted by molar-refractivity contribution is -0.178. The number of hydrogen-bond acceptors (Lipinski definition) is 5. The molecule has 0 aliphatic rings. The van der Waals surface area contributed by atoms with E-state index < -0.39 is 30.1 Å². The second-order valence-corrected chi connectivity index (χ2v) is 10.3. The molecule has 3 aromatic heterocycles. The number of aromatic nitrogens is 3. The summed E-state index contributed by atoms with van der Waals surface area (Å²) in [5.74, 6) is -1.79. The summed E-state index contributed by atoms with van der Waals surface area (Å²) >= 11 is 1.49. The van der Waals surface area contributed by atoms with Gasteiger partial charge in [0.1, 0.15) is 23.1 Å². The maximum Gasteiger partial charge on any atom is 0.392 e. The van der Waals surface area contributed by atoms with Crippen molar-refractivity contribution >= 4 is 27.3 Å². The molecule has 0 spiro atoms. The zero-order valence-electron chi connectivity index (χ0n) is 20.8. The average Bonchev–Trinajstić information content (AvgIpc) is 3.52. The van der Waals surface area contributed by atoms with Crippen molar-refractivity contribution in [3.8, 4) is 22.1 Å². The molecule has 0 radical (unpaired) electrons. The second kappa shape index (κ2) is 11.0. The fourth-order valence-corrected chi connectivity index (χ4v) is 5.27. The first-order chi connectivity index (χ1) is 18.6. The largest absolute Gasteiger partial charge is 0.456 e. The van der Waals surface area contributed by atoms with Gasteiger partial charge in [0.2, 0.25) is 0 Å². The van der Waals surface area contributed by atoms with Gasteiger partial charge in [-0.25, -0.2) is 9.37 Å². The molecule has 0 bridgehead atoms. The van der Waals surface area contributed by atoms with Gasteiger partial charge in [0.15, 0.2) is 0 Å². The number of carbonyl (C=O) groups excluding carboxylic acids is 1. The van der Waals surface area contributed by atoms with Crippen LogP contribution in [-0.2, 0) is 24.7 Å². The third-order valence-corrected chi connectivity index (χ3v) is 7.38. The average molecular weight is 554 g/mol. The minimum atomic E-state index is -4.54. The molecule has 0 aliphatic heterocycles. The van der Waals surface area contributed by atoms with Crippen LogP contribution in [0.3, 0.4) is 0 Å². The Morgan fingerprint density at radius 2 is 1.74 bits per heavy atom. The van der Waals surface area contributed by atoms with Crippen LogP contribution in [0.2, 0.25) is 0 Å².